The summed E-state index contributed by atoms with van der Waals surface area (Å²) < 4.78 is 5.42. The fraction of sp³-hybridized carbons (Fsp3) is 0.857. The number of aliphatic imine (C=N–C) groups is 2. The summed E-state index contributed by atoms with van der Waals surface area (Å²) >= 11 is 0. The molecule has 0 atom stereocenters. The summed E-state index contributed by atoms with van der Waals surface area (Å²) in [5, 5.41) is 2.82. The average Bonchev–Trinajstić information content (AvgIpc) is 2.90. The molecule has 0 rings (SSSR count). The smallest absolute Gasteiger partial charge is 0.417 e. The van der Waals surface area contributed by atoms with Gasteiger partial charge in [-0.15, -0.1) is 0 Å². The van der Waals surface area contributed by atoms with Gasteiger partial charge in [0.25, 0.3) is 0 Å². The zero-order valence-corrected chi connectivity index (χ0v) is 23.1. The van der Waals surface area contributed by atoms with Gasteiger partial charge in [-0.05, 0) is 32.1 Å². The van der Waals surface area contributed by atoms with Crippen LogP contribution in [0.5, 0.6) is 0 Å². The second kappa shape index (κ2) is 28.1. The maximum absolute atomic E-state index is 12.7. The molecule has 0 bridgehead atoms. The van der Waals surface area contributed by atoms with E-state index in [9.17, 15) is 19.2 Å². The van der Waals surface area contributed by atoms with Crippen molar-refractivity contribution in [3.05, 3.63) is 0 Å². The highest BCUT2D eigenvalue weighted by Gasteiger charge is 2.22. The molecular weight excluding hydrogens is 472 g/mol. The highest BCUT2D eigenvalue weighted by atomic mass is 16.6. The van der Waals surface area contributed by atoms with Crippen molar-refractivity contribution in [3.8, 4) is 0 Å². The van der Waals surface area contributed by atoms with Crippen molar-refractivity contribution < 1.29 is 23.9 Å². The Morgan fingerprint density at radius 3 is 1.73 bits per heavy atom. The molecule has 212 valence electrons. The third-order valence-corrected chi connectivity index (χ3v) is 6.19. The van der Waals surface area contributed by atoms with Crippen LogP contribution in [0, 0.1) is 0 Å². The topological polar surface area (TPSA) is 118 Å². The molecule has 0 fully saturated rings. The number of hydrogen-bond donors (Lipinski definition) is 1. The monoisotopic (exact) mass is 522 g/mol. The molecule has 0 heterocycles. The van der Waals surface area contributed by atoms with Crippen LogP contribution in [0.2, 0.25) is 0 Å². The Morgan fingerprint density at radius 2 is 1.16 bits per heavy atom. The first kappa shape index (κ1) is 34.5. The molecule has 0 unspecified atom stereocenters. The lowest BCUT2D eigenvalue weighted by molar-refractivity contribution is 0.107. The van der Waals surface area contributed by atoms with Gasteiger partial charge in [0.1, 0.15) is 0 Å². The number of amides is 3. The molecule has 9 heteroatoms. The fourth-order valence-electron chi connectivity index (χ4n) is 3.97. The van der Waals surface area contributed by atoms with E-state index in [1.54, 1.807) is 0 Å². The zero-order chi connectivity index (χ0) is 27.2. The van der Waals surface area contributed by atoms with Crippen molar-refractivity contribution in [1.29, 1.82) is 0 Å². The highest BCUT2D eigenvalue weighted by Crippen LogP contribution is 2.11. The molecule has 0 saturated carbocycles. The third kappa shape index (κ3) is 23.6. The van der Waals surface area contributed by atoms with Gasteiger partial charge >= 0.3 is 12.1 Å². The maximum Gasteiger partial charge on any atom is 0.417 e. The number of ether oxygens (including phenoxy) is 1. The van der Waals surface area contributed by atoms with Crippen molar-refractivity contribution in [3.63, 3.8) is 0 Å². The number of nitrogens with zero attached hydrogens (tertiary/aromatic N) is 3. The SMILES string of the molecule is CCCCCCCCCCCCOC(=O)N(CCCCCCN=C=O)C(=O)NCCCCCCN=C=O. The first-order valence-electron chi connectivity index (χ1n) is 14.5. The zero-order valence-electron chi connectivity index (χ0n) is 23.1. The lowest BCUT2D eigenvalue weighted by Crippen LogP contribution is -2.45. The second-order valence-corrected chi connectivity index (χ2v) is 9.45. The molecule has 0 radical (unpaired) electrons. The predicted molar refractivity (Wildman–Crippen MR) is 146 cm³/mol. The number of carbonyl (C=O) groups excluding carboxylic acids is 4. The minimum absolute atomic E-state index is 0.295. The van der Waals surface area contributed by atoms with Gasteiger partial charge in [-0.2, -0.15) is 0 Å². The summed E-state index contributed by atoms with van der Waals surface area (Å²) in [4.78, 5) is 53.7. The number of imide groups is 1. The van der Waals surface area contributed by atoms with Crippen LogP contribution in [-0.2, 0) is 14.3 Å². The van der Waals surface area contributed by atoms with E-state index in [1.807, 2.05) is 0 Å². The van der Waals surface area contributed by atoms with E-state index < -0.39 is 12.1 Å². The summed E-state index contributed by atoms with van der Waals surface area (Å²) in [6.45, 7) is 4.26. The molecule has 0 aliphatic rings. The lowest BCUT2D eigenvalue weighted by Gasteiger charge is -2.21. The lowest BCUT2D eigenvalue weighted by atomic mass is 10.1. The molecule has 1 N–H and O–H groups in total. The quantitative estimate of drug-likeness (QED) is 0.0799. The second-order valence-electron chi connectivity index (χ2n) is 9.45. The Hall–Kier alpha value is -2.50. The van der Waals surface area contributed by atoms with Gasteiger partial charge in [-0.1, -0.05) is 90.4 Å². The summed E-state index contributed by atoms with van der Waals surface area (Å²) in [6, 6.07) is -0.427. The first-order valence-corrected chi connectivity index (χ1v) is 14.5. The Bertz CT molecular complexity index is 661. The number of unbranched alkanes of at least 4 members (excludes halogenated alkanes) is 15. The van der Waals surface area contributed by atoms with Crippen LogP contribution < -0.4 is 5.32 Å². The van der Waals surface area contributed by atoms with Crippen molar-refractivity contribution >= 4 is 24.3 Å². The minimum atomic E-state index is -0.592. The van der Waals surface area contributed by atoms with Gasteiger partial charge in [-0.25, -0.2) is 34.1 Å². The molecule has 0 saturated heterocycles. The fourth-order valence-corrected chi connectivity index (χ4v) is 3.97. The molecule has 0 aliphatic heterocycles. The van der Waals surface area contributed by atoms with Gasteiger partial charge in [-0.3, -0.25) is 0 Å². The van der Waals surface area contributed by atoms with Gasteiger partial charge in [0.2, 0.25) is 12.2 Å². The van der Waals surface area contributed by atoms with Crippen molar-refractivity contribution in [2.45, 2.75) is 122 Å². The summed E-state index contributed by atoms with van der Waals surface area (Å²) in [6.07, 6.45) is 21.1. The molecule has 0 aromatic carbocycles. The largest absolute Gasteiger partial charge is 0.449 e. The predicted octanol–water partition coefficient (Wildman–Crippen LogP) is 6.85. The number of isocyanates is 2. The van der Waals surface area contributed by atoms with Gasteiger partial charge in [0, 0.05) is 13.1 Å². The Kier molecular flexibility index (Phi) is 26.2. The number of carbonyl (C=O) groups is 2. The van der Waals surface area contributed by atoms with Gasteiger partial charge < -0.3 is 10.1 Å². The third-order valence-electron chi connectivity index (χ3n) is 6.19. The number of hydrogen-bond acceptors (Lipinski definition) is 7. The van der Waals surface area contributed by atoms with E-state index in [0.29, 0.717) is 39.2 Å². The first-order chi connectivity index (χ1) is 18.2. The van der Waals surface area contributed by atoms with Crippen LogP contribution >= 0.6 is 0 Å². The van der Waals surface area contributed by atoms with Crippen LogP contribution in [0.25, 0.3) is 0 Å². The summed E-state index contributed by atoms with van der Waals surface area (Å²) in [5.41, 5.74) is 0. The average molecular weight is 523 g/mol. The summed E-state index contributed by atoms with van der Waals surface area (Å²) in [5.74, 6) is 0. The van der Waals surface area contributed by atoms with Crippen LogP contribution in [0.15, 0.2) is 9.98 Å². The van der Waals surface area contributed by atoms with E-state index in [0.717, 1.165) is 64.2 Å². The van der Waals surface area contributed by atoms with Crippen LogP contribution in [0.4, 0.5) is 9.59 Å². The molecular formula is C28H50N4O5. The molecule has 3 amide bonds. The van der Waals surface area contributed by atoms with E-state index in [1.165, 1.54) is 62.0 Å². The van der Waals surface area contributed by atoms with Crippen LogP contribution in [-0.4, -0.2) is 62.0 Å². The normalized spacial score (nSPS) is 10.3. The van der Waals surface area contributed by atoms with Gasteiger partial charge in [0.05, 0.1) is 19.7 Å². The summed E-state index contributed by atoms with van der Waals surface area (Å²) in [7, 11) is 0. The van der Waals surface area contributed by atoms with Gasteiger partial charge in [0.15, 0.2) is 0 Å². The van der Waals surface area contributed by atoms with Crippen LogP contribution in [0.3, 0.4) is 0 Å². The standard InChI is InChI=1S/C28H50N4O5/c1-2-3-4-5-6-7-8-9-14-19-24-37-28(36)32(23-18-13-12-16-21-30-26-34)27(35)31-22-17-11-10-15-20-29-25-33/h2-24H2,1H3,(H,31,35). The minimum Gasteiger partial charge on any atom is -0.449 e. The number of nitrogens with one attached hydrogen (secondary N) is 1. The Balaban J connectivity index is 4.24. The van der Waals surface area contributed by atoms with Crippen molar-refractivity contribution in [2.24, 2.45) is 9.98 Å². The van der Waals surface area contributed by atoms with E-state index >= 15 is 0 Å². The highest BCUT2D eigenvalue weighted by molar-refractivity contribution is 5.90. The maximum atomic E-state index is 12.7. The molecule has 0 spiro atoms. The van der Waals surface area contributed by atoms with E-state index in [-0.39, 0.29) is 0 Å². The molecule has 9 nitrogen and oxygen atoms in total. The van der Waals surface area contributed by atoms with Crippen LogP contribution in [0.1, 0.15) is 122 Å². The molecule has 37 heavy (non-hydrogen) atoms. The van der Waals surface area contributed by atoms with Crippen molar-refractivity contribution in [2.75, 3.05) is 32.8 Å². The van der Waals surface area contributed by atoms with E-state index in [4.69, 9.17) is 4.74 Å². The number of rotatable bonds is 25. The Morgan fingerprint density at radius 1 is 0.676 bits per heavy atom. The van der Waals surface area contributed by atoms with Crippen molar-refractivity contribution in [1.82, 2.24) is 10.2 Å². The molecule has 0 aromatic rings. The molecule has 0 aromatic heterocycles. The number of urea groups is 1. The Labute approximate surface area is 223 Å². The molecule has 0 aliphatic carbocycles. The van der Waals surface area contributed by atoms with E-state index in [2.05, 4.69) is 22.2 Å².